The standard InChI is InChI=1S/C15H31NO2S/c1-3-4-5-6-7-8-11-14(16-2)15-12-9-10-13-19(15,17)18/h14-16H,3-13H2,1-2H3. The molecule has 0 aromatic rings. The van der Waals surface area contributed by atoms with Crippen LogP contribution in [-0.2, 0) is 9.84 Å². The number of hydrogen-bond donors (Lipinski definition) is 1. The van der Waals surface area contributed by atoms with Crippen molar-refractivity contribution in [3.8, 4) is 0 Å². The highest BCUT2D eigenvalue weighted by atomic mass is 32.2. The summed E-state index contributed by atoms with van der Waals surface area (Å²) in [4.78, 5) is 0. The van der Waals surface area contributed by atoms with Crippen LogP contribution in [0.1, 0.15) is 71.1 Å². The Kier molecular flexibility index (Phi) is 8.00. The summed E-state index contributed by atoms with van der Waals surface area (Å²) in [5, 5.41) is 3.11. The van der Waals surface area contributed by atoms with Crippen LogP contribution in [0.25, 0.3) is 0 Å². The van der Waals surface area contributed by atoms with E-state index in [1.54, 1.807) is 0 Å². The molecule has 0 aromatic carbocycles. The average Bonchev–Trinajstić information content (AvgIpc) is 2.39. The van der Waals surface area contributed by atoms with Gasteiger partial charge in [-0.3, -0.25) is 0 Å². The third-order valence-electron chi connectivity index (χ3n) is 4.32. The first kappa shape index (κ1) is 17.0. The van der Waals surface area contributed by atoms with Crippen molar-refractivity contribution in [1.29, 1.82) is 0 Å². The predicted octanol–water partition coefficient (Wildman–Crippen LogP) is 3.29. The van der Waals surface area contributed by atoms with Crippen LogP contribution in [0.15, 0.2) is 0 Å². The van der Waals surface area contributed by atoms with Crippen molar-refractivity contribution in [1.82, 2.24) is 5.32 Å². The van der Waals surface area contributed by atoms with E-state index in [1.165, 1.54) is 32.1 Å². The average molecular weight is 289 g/mol. The molecular weight excluding hydrogens is 258 g/mol. The van der Waals surface area contributed by atoms with E-state index < -0.39 is 9.84 Å². The van der Waals surface area contributed by atoms with Gasteiger partial charge in [0.15, 0.2) is 9.84 Å². The van der Waals surface area contributed by atoms with Crippen molar-refractivity contribution in [2.75, 3.05) is 12.8 Å². The summed E-state index contributed by atoms with van der Waals surface area (Å²) in [6, 6.07) is 0.163. The minimum atomic E-state index is -2.85. The minimum Gasteiger partial charge on any atom is -0.316 e. The summed E-state index contributed by atoms with van der Waals surface area (Å²) in [7, 11) is -0.940. The van der Waals surface area contributed by atoms with Crippen molar-refractivity contribution < 1.29 is 8.42 Å². The van der Waals surface area contributed by atoms with Gasteiger partial charge in [0.1, 0.15) is 0 Å². The Morgan fingerprint density at radius 1 is 1.11 bits per heavy atom. The molecule has 0 bridgehead atoms. The Labute approximate surface area is 119 Å². The Bertz CT molecular complexity index is 327. The predicted molar refractivity (Wildman–Crippen MR) is 82.3 cm³/mol. The van der Waals surface area contributed by atoms with Crippen molar-refractivity contribution in [2.45, 2.75) is 82.4 Å². The van der Waals surface area contributed by atoms with Crippen LogP contribution in [0, 0.1) is 0 Å². The second kappa shape index (κ2) is 8.96. The van der Waals surface area contributed by atoms with Gasteiger partial charge in [0.05, 0.1) is 11.0 Å². The zero-order chi connectivity index (χ0) is 14.1. The Balaban J connectivity index is 2.32. The number of rotatable bonds is 9. The van der Waals surface area contributed by atoms with Crippen LogP contribution in [0.5, 0.6) is 0 Å². The molecule has 2 atom stereocenters. The third-order valence-corrected chi connectivity index (χ3v) is 6.66. The molecule has 1 aliphatic heterocycles. The summed E-state index contributed by atoms with van der Waals surface area (Å²) >= 11 is 0. The van der Waals surface area contributed by atoms with Gasteiger partial charge in [-0.25, -0.2) is 8.42 Å². The zero-order valence-corrected chi connectivity index (χ0v) is 13.5. The van der Waals surface area contributed by atoms with Crippen LogP contribution in [0.4, 0.5) is 0 Å². The number of nitrogens with one attached hydrogen (secondary N) is 1. The fraction of sp³-hybridized carbons (Fsp3) is 1.00. The molecule has 19 heavy (non-hydrogen) atoms. The molecule has 0 saturated carbocycles. The van der Waals surface area contributed by atoms with Gasteiger partial charge in [-0.15, -0.1) is 0 Å². The van der Waals surface area contributed by atoms with E-state index in [0.717, 1.165) is 32.1 Å². The number of unbranched alkanes of at least 4 members (excludes halogenated alkanes) is 5. The highest BCUT2D eigenvalue weighted by Crippen LogP contribution is 2.24. The summed E-state index contributed by atoms with van der Waals surface area (Å²) < 4.78 is 24.2. The maximum atomic E-state index is 12.1. The van der Waals surface area contributed by atoms with Crippen molar-refractivity contribution in [3.05, 3.63) is 0 Å². The molecule has 1 saturated heterocycles. The van der Waals surface area contributed by atoms with Crippen LogP contribution in [0.3, 0.4) is 0 Å². The lowest BCUT2D eigenvalue weighted by atomic mass is 10.0. The van der Waals surface area contributed by atoms with Gasteiger partial charge in [-0.05, 0) is 26.3 Å². The van der Waals surface area contributed by atoms with E-state index in [4.69, 9.17) is 0 Å². The SMILES string of the molecule is CCCCCCCCC(NC)C1CCCCS1(=O)=O. The molecule has 1 N–H and O–H groups in total. The molecule has 4 heteroatoms. The molecule has 1 fully saturated rings. The van der Waals surface area contributed by atoms with Gasteiger partial charge in [-0.2, -0.15) is 0 Å². The first-order chi connectivity index (χ1) is 9.11. The molecule has 1 rings (SSSR count). The summed E-state index contributed by atoms with van der Waals surface area (Å²) in [6.07, 6.45) is 11.4. The smallest absolute Gasteiger partial charge is 0.154 e. The van der Waals surface area contributed by atoms with Gasteiger partial charge < -0.3 is 5.32 Å². The van der Waals surface area contributed by atoms with Gasteiger partial charge in [0.25, 0.3) is 0 Å². The second-order valence-electron chi connectivity index (χ2n) is 5.85. The van der Waals surface area contributed by atoms with Crippen LogP contribution in [0.2, 0.25) is 0 Å². The molecule has 1 heterocycles. The maximum Gasteiger partial charge on any atom is 0.154 e. The normalized spacial score (nSPS) is 24.2. The highest BCUT2D eigenvalue weighted by Gasteiger charge is 2.34. The van der Waals surface area contributed by atoms with Crippen molar-refractivity contribution in [3.63, 3.8) is 0 Å². The molecule has 0 spiro atoms. The lowest BCUT2D eigenvalue weighted by molar-refractivity contribution is 0.422. The second-order valence-corrected chi connectivity index (χ2v) is 8.19. The third kappa shape index (κ3) is 5.82. The van der Waals surface area contributed by atoms with Gasteiger partial charge in [-0.1, -0.05) is 51.9 Å². The van der Waals surface area contributed by atoms with E-state index in [1.807, 2.05) is 7.05 Å². The highest BCUT2D eigenvalue weighted by molar-refractivity contribution is 7.92. The maximum absolute atomic E-state index is 12.1. The molecule has 2 unspecified atom stereocenters. The summed E-state index contributed by atoms with van der Waals surface area (Å²) in [6.45, 7) is 2.23. The quantitative estimate of drug-likeness (QED) is 0.663. The first-order valence-corrected chi connectivity index (χ1v) is 9.72. The number of hydrogen-bond acceptors (Lipinski definition) is 3. The minimum absolute atomic E-state index is 0.137. The number of sulfone groups is 1. The Morgan fingerprint density at radius 3 is 2.42 bits per heavy atom. The van der Waals surface area contributed by atoms with E-state index in [0.29, 0.717) is 5.75 Å². The van der Waals surface area contributed by atoms with Crippen molar-refractivity contribution in [2.24, 2.45) is 0 Å². The molecule has 0 aliphatic carbocycles. The molecule has 114 valence electrons. The Hall–Kier alpha value is -0.0900. The summed E-state index contributed by atoms with van der Waals surface area (Å²) in [5.74, 6) is 0.395. The van der Waals surface area contributed by atoms with Crippen LogP contribution in [-0.4, -0.2) is 32.5 Å². The molecular formula is C15H31NO2S. The fourth-order valence-electron chi connectivity index (χ4n) is 3.09. The van der Waals surface area contributed by atoms with E-state index in [2.05, 4.69) is 12.2 Å². The zero-order valence-electron chi connectivity index (χ0n) is 12.7. The molecule has 0 radical (unpaired) electrons. The van der Waals surface area contributed by atoms with E-state index in [-0.39, 0.29) is 11.3 Å². The van der Waals surface area contributed by atoms with E-state index >= 15 is 0 Å². The lowest BCUT2D eigenvalue weighted by Crippen LogP contribution is -2.45. The van der Waals surface area contributed by atoms with Gasteiger partial charge in [0.2, 0.25) is 0 Å². The van der Waals surface area contributed by atoms with Gasteiger partial charge >= 0.3 is 0 Å². The van der Waals surface area contributed by atoms with E-state index in [9.17, 15) is 8.42 Å². The lowest BCUT2D eigenvalue weighted by Gasteiger charge is -2.30. The molecule has 1 aliphatic rings. The fourth-order valence-corrected chi connectivity index (χ4v) is 5.30. The van der Waals surface area contributed by atoms with Crippen LogP contribution < -0.4 is 5.32 Å². The Morgan fingerprint density at radius 2 is 1.79 bits per heavy atom. The molecule has 0 aromatic heterocycles. The topological polar surface area (TPSA) is 46.2 Å². The largest absolute Gasteiger partial charge is 0.316 e. The van der Waals surface area contributed by atoms with Gasteiger partial charge in [0, 0.05) is 6.04 Å². The van der Waals surface area contributed by atoms with Crippen LogP contribution >= 0.6 is 0 Å². The van der Waals surface area contributed by atoms with Crippen molar-refractivity contribution >= 4 is 9.84 Å². The monoisotopic (exact) mass is 289 g/mol. The first-order valence-electron chi connectivity index (χ1n) is 8.00. The molecule has 3 nitrogen and oxygen atoms in total. The molecule has 0 amide bonds. The summed E-state index contributed by atoms with van der Waals surface area (Å²) in [5.41, 5.74) is 0.